The number of rotatable bonds is 12. The third-order valence-electron chi connectivity index (χ3n) is 7.03. The molecule has 0 saturated carbocycles. The molecular formula is C32H44O14. The first-order valence-corrected chi connectivity index (χ1v) is 14.5. The van der Waals surface area contributed by atoms with Crippen LogP contribution in [0.3, 0.4) is 0 Å². The van der Waals surface area contributed by atoms with Crippen LogP contribution in [0, 0.1) is 0 Å². The Hall–Kier alpha value is -3.28. The van der Waals surface area contributed by atoms with Gasteiger partial charge in [0.15, 0.2) is 0 Å². The van der Waals surface area contributed by atoms with Crippen LogP contribution in [0.5, 0.6) is 0 Å². The smallest absolute Gasteiger partial charge is 0.336 e. The predicted octanol–water partition coefficient (Wildman–Crippen LogP) is -0.874. The van der Waals surface area contributed by atoms with Crippen molar-refractivity contribution >= 4 is 11.9 Å². The molecule has 0 unspecified atom stereocenters. The van der Waals surface area contributed by atoms with Crippen molar-refractivity contribution < 1.29 is 69.4 Å². The fraction of sp³-hybridized carbons (Fsp3) is 0.500. The highest BCUT2D eigenvalue weighted by molar-refractivity contribution is 5.88. The SMILES string of the molecule is CC(C=CC=C(C)C(=O)O[C@@H]1O[C@H](CO)[C@@H](O)[C@H](O)[C@H]1O)=CC=CC=C(C)/C=C/C=C(\C)C(=O)O[C@@H]1O[C@H](CO)[C@@H](O)[C@H](O)[C@H]1O. The second-order valence-electron chi connectivity index (χ2n) is 10.8. The zero-order valence-electron chi connectivity index (χ0n) is 26.0. The van der Waals surface area contributed by atoms with Crippen LogP contribution in [0.4, 0.5) is 0 Å². The van der Waals surface area contributed by atoms with Gasteiger partial charge >= 0.3 is 11.9 Å². The van der Waals surface area contributed by atoms with Gasteiger partial charge < -0.3 is 59.8 Å². The number of esters is 2. The average Bonchev–Trinajstić information content (AvgIpc) is 3.03. The Morgan fingerprint density at radius 1 is 0.543 bits per heavy atom. The number of carbonyl (C=O) groups excluding carboxylic acids is 2. The van der Waals surface area contributed by atoms with Crippen molar-refractivity contribution in [1.29, 1.82) is 0 Å². The Morgan fingerprint density at radius 2 is 0.891 bits per heavy atom. The number of hydrogen-bond donors (Lipinski definition) is 8. The van der Waals surface area contributed by atoms with E-state index in [1.54, 1.807) is 36.5 Å². The van der Waals surface area contributed by atoms with E-state index in [1.807, 2.05) is 26.0 Å². The minimum atomic E-state index is -1.69. The third kappa shape index (κ3) is 11.2. The van der Waals surface area contributed by atoms with Crippen molar-refractivity contribution in [2.24, 2.45) is 0 Å². The van der Waals surface area contributed by atoms with E-state index in [9.17, 15) is 50.4 Å². The second kappa shape index (κ2) is 18.8. The molecule has 14 nitrogen and oxygen atoms in total. The number of ether oxygens (including phenoxy) is 4. The van der Waals surface area contributed by atoms with Crippen molar-refractivity contribution in [3.05, 3.63) is 83.1 Å². The number of hydrogen-bond acceptors (Lipinski definition) is 14. The molecule has 0 bridgehead atoms. The molecule has 0 aromatic carbocycles. The van der Waals surface area contributed by atoms with Gasteiger partial charge in [-0.2, -0.15) is 0 Å². The van der Waals surface area contributed by atoms with Crippen LogP contribution in [0.15, 0.2) is 83.1 Å². The summed E-state index contributed by atoms with van der Waals surface area (Å²) >= 11 is 0. The molecule has 2 aliphatic rings. The molecule has 10 atom stereocenters. The average molecular weight is 653 g/mol. The monoisotopic (exact) mass is 652 g/mol. The molecule has 256 valence electrons. The van der Waals surface area contributed by atoms with E-state index in [0.717, 1.165) is 11.1 Å². The zero-order chi connectivity index (χ0) is 34.6. The minimum Gasteiger partial charge on any atom is -0.429 e. The highest BCUT2D eigenvalue weighted by Gasteiger charge is 2.46. The summed E-state index contributed by atoms with van der Waals surface area (Å²) in [5.74, 6) is -1.64. The van der Waals surface area contributed by atoms with Crippen LogP contribution in [0.1, 0.15) is 27.7 Å². The molecule has 46 heavy (non-hydrogen) atoms. The van der Waals surface area contributed by atoms with E-state index in [2.05, 4.69) is 0 Å². The molecule has 2 saturated heterocycles. The third-order valence-corrected chi connectivity index (χ3v) is 7.03. The van der Waals surface area contributed by atoms with Crippen LogP contribution < -0.4 is 0 Å². The number of aliphatic hydroxyl groups is 8. The topological polar surface area (TPSA) is 233 Å². The van der Waals surface area contributed by atoms with Crippen LogP contribution in [0.2, 0.25) is 0 Å². The van der Waals surface area contributed by atoms with Crippen molar-refractivity contribution in [2.75, 3.05) is 13.2 Å². The van der Waals surface area contributed by atoms with Crippen LogP contribution in [0.25, 0.3) is 0 Å². The summed E-state index contributed by atoms with van der Waals surface area (Å²) in [5, 5.41) is 77.8. The first kappa shape index (κ1) is 38.9. The normalized spacial score (nSPS) is 33.7. The minimum absolute atomic E-state index is 0.174. The van der Waals surface area contributed by atoms with Crippen molar-refractivity contribution in [2.45, 2.75) is 89.1 Å². The highest BCUT2D eigenvalue weighted by atomic mass is 16.7. The molecule has 0 aliphatic carbocycles. The highest BCUT2D eigenvalue weighted by Crippen LogP contribution is 2.24. The predicted molar refractivity (Wildman–Crippen MR) is 162 cm³/mol. The molecule has 8 N–H and O–H groups in total. The fourth-order valence-electron chi connectivity index (χ4n) is 4.08. The van der Waals surface area contributed by atoms with Crippen molar-refractivity contribution in [3.8, 4) is 0 Å². The lowest BCUT2D eigenvalue weighted by atomic mass is 9.99. The van der Waals surface area contributed by atoms with Gasteiger partial charge in [-0.15, -0.1) is 0 Å². The maximum atomic E-state index is 12.3. The summed E-state index contributed by atoms with van der Waals surface area (Å²) in [4.78, 5) is 24.7. The van der Waals surface area contributed by atoms with Gasteiger partial charge in [0.05, 0.1) is 13.2 Å². The number of carbonyl (C=O) groups is 2. The second-order valence-corrected chi connectivity index (χ2v) is 10.8. The molecule has 0 aromatic heterocycles. The molecule has 0 aromatic rings. The van der Waals surface area contributed by atoms with E-state index in [-0.39, 0.29) is 11.1 Å². The molecule has 0 amide bonds. The quantitative estimate of drug-likeness (QED) is 0.0728. The summed E-state index contributed by atoms with van der Waals surface area (Å²) in [6.07, 6.45) is 1.59. The zero-order valence-corrected chi connectivity index (χ0v) is 26.0. The molecule has 14 heteroatoms. The van der Waals surface area contributed by atoms with Gasteiger partial charge in [0.1, 0.15) is 48.8 Å². The first-order valence-electron chi connectivity index (χ1n) is 14.5. The maximum Gasteiger partial charge on any atom is 0.336 e. The van der Waals surface area contributed by atoms with Gasteiger partial charge in [-0.25, -0.2) is 9.59 Å². The Morgan fingerprint density at radius 3 is 1.22 bits per heavy atom. The van der Waals surface area contributed by atoms with Crippen molar-refractivity contribution in [1.82, 2.24) is 0 Å². The lowest BCUT2D eigenvalue weighted by molar-refractivity contribution is -0.291. The summed E-state index contributed by atoms with van der Waals surface area (Å²) in [5.41, 5.74) is 2.04. The Balaban J connectivity index is 1.86. The number of allylic oxidation sites excluding steroid dienone is 12. The largest absolute Gasteiger partial charge is 0.429 e. The molecule has 2 rings (SSSR count). The standard InChI is InChI=1S/C32H44O14/c1-17(11-7-13-19(3)29(41)45-31-27(39)25(37)23(35)21(15-33)43-31)9-5-6-10-18(2)12-8-14-20(4)30(42)46-32-28(40)26(38)24(36)22(16-34)44-32/h5-14,21-28,31-40H,15-16H2,1-4H3/b6-5?,11-7+,12-8?,17-9?,18-10?,19-13+,20-14?/t21-,22-,23-,24-,25+,26+,27-,28-,31+,32+/m1/s1. The maximum absolute atomic E-state index is 12.3. The summed E-state index contributed by atoms with van der Waals surface area (Å²) in [6.45, 7) is 5.36. The van der Waals surface area contributed by atoms with Gasteiger partial charge in [-0.3, -0.25) is 0 Å². The van der Waals surface area contributed by atoms with Gasteiger partial charge in [0.25, 0.3) is 0 Å². The lowest BCUT2D eigenvalue weighted by Gasteiger charge is -2.39. The molecule has 2 fully saturated rings. The van der Waals surface area contributed by atoms with Gasteiger partial charge in [0, 0.05) is 11.1 Å². The van der Waals surface area contributed by atoms with Gasteiger partial charge in [-0.05, 0) is 27.7 Å². The van der Waals surface area contributed by atoms with E-state index in [4.69, 9.17) is 18.9 Å². The molecule has 2 aliphatic heterocycles. The van der Waals surface area contributed by atoms with Gasteiger partial charge in [0.2, 0.25) is 12.6 Å². The molecule has 0 radical (unpaired) electrons. The van der Waals surface area contributed by atoms with Crippen LogP contribution in [-0.4, -0.2) is 127 Å². The van der Waals surface area contributed by atoms with Crippen molar-refractivity contribution in [3.63, 3.8) is 0 Å². The lowest BCUT2D eigenvalue weighted by Crippen LogP contribution is -2.59. The Kier molecular flexibility index (Phi) is 15.9. The fourth-order valence-corrected chi connectivity index (χ4v) is 4.08. The number of aliphatic hydroxyl groups excluding tert-OH is 8. The van der Waals surface area contributed by atoms with E-state index >= 15 is 0 Å². The van der Waals surface area contributed by atoms with E-state index < -0.39 is 86.6 Å². The van der Waals surface area contributed by atoms with E-state index in [0.29, 0.717) is 0 Å². The summed E-state index contributed by atoms with van der Waals surface area (Å²) < 4.78 is 20.5. The summed E-state index contributed by atoms with van der Waals surface area (Å²) in [6, 6.07) is 0. The van der Waals surface area contributed by atoms with Gasteiger partial charge in [-0.1, -0.05) is 71.9 Å². The summed E-state index contributed by atoms with van der Waals surface area (Å²) in [7, 11) is 0. The first-order chi connectivity index (χ1) is 21.7. The van der Waals surface area contributed by atoms with Crippen LogP contribution >= 0.6 is 0 Å². The van der Waals surface area contributed by atoms with E-state index in [1.165, 1.54) is 26.0 Å². The van der Waals surface area contributed by atoms with Crippen LogP contribution in [-0.2, 0) is 28.5 Å². The Labute approximate surface area is 266 Å². The molecule has 2 heterocycles. The molecule has 0 spiro atoms. The Bertz CT molecular complexity index is 1150. The molecular weight excluding hydrogens is 608 g/mol.